The number of carbonyl (C=O) groups is 3. The lowest BCUT2D eigenvalue weighted by molar-refractivity contribution is -0.132. The van der Waals surface area contributed by atoms with Crippen LogP contribution in [0.25, 0.3) is 16.0 Å². The quantitative estimate of drug-likeness (QED) is 0.237. The number of aromatic nitrogens is 1. The van der Waals surface area contributed by atoms with E-state index in [-0.39, 0.29) is 28.8 Å². The number of carbonyl (C=O) groups excluding carboxylic acids is 2. The van der Waals surface area contributed by atoms with Crippen molar-refractivity contribution in [1.29, 1.82) is 0 Å². The van der Waals surface area contributed by atoms with E-state index in [1.807, 2.05) is 5.38 Å². The predicted octanol–water partition coefficient (Wildman–Crippen LogP) is 4.41. The first-order valence-corrected chi connectivity index (χ1v) is 12.0. The normalized spacial score (nSPS) is 18.5. The molecule has 1 fully saturated rings. The van der Waals surface area contributed by atoms with E-state index >= 15 is 0 Å². The van der Waals surface area contributed by atoms with Crippen molar-refractivity contribution < 1.29 is 34.1 Å². The van der Waals surface area contributed by atoms with Crippen molar-refractivity contribution in [2.75, 3.05) is 11.7 Å². The van der Waals surface area contributed by atoms with Crippen molar-refractivity contribution in [3.63, 3.8) is 0 Å². The first kappa shape index (κ1) is 21.3. The maximum atomic E-state index is 13.3. The molecular weight excluding hydrogens is 492 g/mol. The molecule has 174 valence electrons. The first-order chi connectivity index (χ1) is 16.9. The Hall–Kier alpha value is -4.22. The molecule has 4 aromatic rings. The van der Waals surface area contributed by atoms with E-state index in [9.17, 15) is 24.6 Å². The summed E-state index contributed by atoms with van der Waals surface area (Å²) < 4.78 is 11.3. The number of aromatic carboxylic acids is 1. The Morgan fingerprint density at radius 2 is 1.83 bits per heavy atom. The van der Waals surface area contributed by atoms with Crippen LogP contribution in [0.5, 0.6) is 11.5 Å². The largest absolute Gasteiger partial charge is 0.507 e. The number of fused-ring (bicyclic) bond motifs is 2. The molecule has 6 rings (SSSR count). The molecule has 1 amide bonds. The number of aliphatic hydroxyl groups excluding tert-OH is 1. The summed E-state index contributed by atoms with van der Waals surface area (Å²) >= 11 is 2.44. The van der Waals surface area contributed by atoms with Gasteiger partial charge in [0.15, 0.2) is 16.6 Å². The fourth-order valence-corrected chi connectivity index (χ4v) is 5.95. The van der Waals surface area contributed by atoms with Gasteiger partial charge in [0.2, 0.25) is 6.79 Å². The van der Waals surface area contributed by atoms with Crippen LogP contribution in [0.15, 0.2) is 59.5 Å². The van der Waals surface area contributed by atoms with Gasteiger partial charge in [-0.1, -0.05) is 17.4 Å². The summed E-state index contributed by atoms with van der Waals surface area (Å²) in [6.07, 6.45) is 0. The third-order valence-corrected chi connectivity index (χ3v) is 7.68. The predicted molar refractivity (Wildman–Crippen MR) is 128 cm³/mol. The van der Waals surface area contributed by atoms with E-state index in [1.54, 1.807) is 36.4 Å². The number of hydrogen-bond donors (Lipinski definition) is 2. The molecule has 35 heavy (non-hydrogen) atoms. The van der Waals surface area contributed by atoms with Crippen molar-refractivity contribution in [2.24, 2.45) is 0 Å². The van der Waals surface area contributed by atoms with E-state index in [1.165, 1.54) is 28.4 Å². The molecule has 2 aromatic carbocycles. The van der Waals surface area contributed by atoms with Gasteiger partial charge in [0.25, 0.3) is 5.78 Å². The first-order valence-electron chi connectivity index (χ1n) is 10.3. The molecule has 0 spiro atoms. The molecule has 11 heteroatoms. The Morgan fingerprint density at radius 1 is 1.03 bits per heavy atom. The number of rotatable bonds is 4. The Labute approximate surface area is 205 Å². The molecule has 0 bridgehead atoms. The highest BCUT2D eigenvalue weighted by molar-refractivity contribution is 7.22. The van der Waals surface area contributed by atoms with E-state index in [0.29, 0.717) is 32.2 Å². The number of carboxylic acid groups (broad SMARTS) is 1. The number of hydrogen-bond acceptors (Lipinski definition) is 9. The van der Waals surface area contributed by atoms with E-state index in [0.717, 1.165) is 11.3 Å². The fourth-order valence-electron chi connectivity index (χ4n) is 4.09. The number of ether oxygens (including phenoxy) is 2. The van der Waals surface area contributed by atoms with Gasteiger partial charge in [-0.15, -0.1) is 11.3 Å². The Kier molecular flexibility index (Phi) is 4.83. The van der Waals surface area contributed by atoms with Gasteiger partial charge in [-0.3, -0.25) is 14.5 Å². The lowest BCUT2D eigenvalue weighted by Gasteiger charge is -2.21. The molecule has 9 nitrogen and oxygen atoms in total. The third-order valence-electron chi connectivity index (χ3n) is 5.73. The second-order valence-electron chi connectivity index (χ2n) is 7.74. The lowest BCUT2D eigenvalue weighted by Crippen LogP contribution is -2.28. The van der Waals surface area contributed by atoms with Crippen LogP contribution < -0.4 is 14.4 Å². The summed E-state index contributed by atoms with van der Waals surface area (Å²) in [5.74, 6) is -2.14. The van der Waals surface area contributed by atoms with Crippen molar-refractivity contribution in [2.45, 2.75) is 6.04 Å². The molecule has 2 aliphatic heterocycles. The minimum Gasteiger partial charge on any atom is -0.507 e. The number of benzene rings is 2. The van der Waals surface area contributed by atoms with Crippen LogP contribution >= 0.6 is 22.7 Å². The zero-order chi connectivity index (χ0) is 24.3. The molecular formula is C24H14N2O7S2. The van der Waals surface area contributed by atoms with Crippen LogP contribution in [0.1, 0.15) is 26.8 Å². The van der Waals surface area contributed by atoms with Crippen molar-refractivity contribution >= 4 is 61.4 Å². The number of thiophene rings is 1. The Morgan fingerprint density at radius 3 is 2.60 bits per heavy atom. The number of thiazole rings is 1. The molecule has 2 aromatic heterocycles. The van der Waals surface area contributed by atoms with Gasteiger partial charge in [-0.2, -0.15) is 0 Å². The third kappa shape index (κ3) is 3.35. The van der Waals surface area contributed by atoms with Crippen LogP contribution in [-0.2, 0) is 9.59 Å². The van der Waals surface area contributed by atoms with Gasteiger partial charge in [0.05, 0.1) is 21.4 Å². The maximum Gasteiger partial charge on any atom is 0.335 e. The zero-order valence-electron chi connectivity index (χ0n) is 17.6. The summed E-state index contributed by atoms with van der Waals surface area (Å²) in [5, 5.41) is 22.6. The summed E-state index contributed by atoms with van der Waals surface area (Å²) in [5.41, 5.74) is 0.830. The van der Waals surface area contributed by atoms with E-state index in [2.05, 4.69) is 4.98 Å². The minimum atomic E-state index is -1.08. The molecule has 1 atom stereocenters. The van der Waals surface area contributed by atoms with Crippen LogP contribution in [0.4, 0.5) is 5.13 Å². The summed E-state index contributed by atoms with van der Waals surface area (Å²) in [6.45, 7) is 0.0559. The van der Waals surface area contributed by atoms with Crippen LogP contribution in [0.3, 0.4) is 0 Å². The number of aliphatic hydroxyl groups is 1. The maximum absolute atomic E-state index is 13.3. The number of Topliss-reactive ketones (excluding diaryl/α,β-unsaturated/α-hetero) is 1. The van der Waals surface area contributed by atoms with Gasteiger partial charge in [0.1, 0.15) is 11.8 Å². The Balaban J connectivity index is 1.51. The number of ketones is 1. The monoisotopic (exact) mass is 506 g/mol. The fraction of sp³-hybridized carbons (Fsp3) is 0.0833. The average Bonchev–Trinajstić information content (AvgIpc) is 3.64. The molecule has 0 saturated carbocycles. The van der Waals surface area contributed by atoms with Gasteiger partial charge in [-0.05, 0) is 47.8 Å². The second kappa shape index (κ2) is 7.93. The minimum absolute atomic E-state index is 0.0559. The van der Waals surface area contributed by atoms with E-state index < -0.39 is 23.7 Å². The smallest absolute Gasteiger partial charge is 0.335 e. The lowest BCUT2D eigenvalue weighted by atomic mass is 9.99. The van der Waals surface area contributed by atoms with Crippen molar-refractivity contribution in [1.82, 2.24) is 4.98 Å². The number of amides is 1. The summed E-state index contributed by atoms with van der Waals surface area (Å²) in [4.78, 5) is 44.3. The Bertz CT molecular complexity index is 1570. The SMILES string of the molecule is O=C1C(=O)N(c2nc3ccc(C(=O)O)cc3s2)C(c2cccs2)/C1=C(\O)c1ccc2c(c1)OCO2. The molecule has 4 heterocycles. The van der Waals surface area contributed by atoms with Crippen LogP contribution in [0, 0.1) is 0 Å². The second-order valence-corrected chi connectivity index (χ2v) is 9.73. The number of nitrogens with zero attached hydrogens (tertiary/aromatic N) is 2. The highest BCUT2D eigenvalue weighted by atomic mass is 32.1. The zero-order valence-corrected chi connectivity index (χ0v) is 19.3. The highest BCUT2D eigenvalue weighted by Gasteiger charge is 2.48. The van der Waals surface area contributed by atoms with Crippen molar-refractivity contribution in [3.8, 4) is 11.5 Å². The molecule has 0 radical (unpaired) electrons. The standard InChI is InChI=1S/C24H14N2O7S2/c27-20(11-4-6-14-15(8-11)33-10-32-14)18-19(16-2-1-7-34-16)26(22(29)21(18)28)24-25-13-5-3-12(23(30)31)9-17(13)35-24/h1-9,19,27H,10H2,(H,30,31)/b20-18+. The van der Waals surface area contributed by atoms with Crippen LogP contribution in [-0.4, -0.2) is 39.6 Å². The number of anilines is 1. The van der Waals surface area contributed by atoms with Crippen LogP contribution in [0.2, 0.25) is 0 Å². The van der Waals surface area contributed by atoms with Gasteiger partial charge in [0, 0.05) is 10.4 Å². The molecule has 2 aliphatic rings. The topological polar surface area (TPSA) is 126 Å². The van der Waals surface area contributed by atoms with Gasteiger partial charge < -0.3 is 19.7 Å². The molecule has 0 aliphatic carbocycles. The van der Waals surface area contributed by atoms with Gasteiger partial charge >= 0.3 is 11.9 Å². The number of carboxylic acids is 1. The highest BCUT2D eigenvalue weighted by Crippen LogP contribution is 2.46. The summed E-state index contributed by atoms with van der Waals surface area (Å²) in [7, 11) is 0. The van der Waals surface area contributed by atoms with Crippen molar-refractivity contribution in [3.05, 3.63) is 75.5 Å². The average molecular weight is 507 g/mol. The van der Waals surface area contributed by atoms with Gasteiger partial charge in [-0.25, -0.2) is 9.78 Å². The molecule has 1 unspecified atom stereocenters. The molecule has 2 N–H and O–H groups in total. The summed E-state index contributed by atoms with van der Waals surface area (Å²) in [6, 6.07) is 11.9. The van der Waals surface area contributed by atoms with E-state index in [4.69, 9.17) is 9.47 Å². The molecule has 1 saturated heterocycles.